The fourth-order valence-corrected chi connectivity index (χ4v) is 3.84. The van der Waals surface area contributed by atoms with E-state index >= 15 is 0 Å². The van der Waals surface area contributed by atoms with Crippen LogP contribution >= 0.6 is 0 Å². The first-order valence-corrected chi connectivity index (χ1v) is 6.94. The summed E-state index contributed by atoms with van der Waals surface area (Å²) in [6, 6.07) is 4.64. The van der Waals surface area contributed by atoms with Gasteiger partial charge >= 0.3 is 0 Å². The van der Waals surface area contributed by atoms with Crippen molar-refractivity contribution in [1.82, 2.24) is 9.80 Å². The Labute approximate surface area is 109 Å². The first kappa shape index (κ1) is 12.2. The molecule has 0 spiro atoms. The third-order valence-electron chi connectivity index (χ3n) is 4.90. The quantitative estimate of drug-likeness (QED) is 0.873. The third-order valence-corrected chi connectivity index (χ3v) is 4.90. The molecule has 100 valence electrons. The molecule has 2 aliphatic rings. The molecule has 2 aliphatic heterocycles. The molecule has 1 aromatic rings. The topological polar surface area (TPSA) is 45.6 Å². The molecule has 2 N–H and O–H groups in total. The summed E-state index contributed by atoms with van der Waals surface area (Å²) < 4.78 is 5.47. The molecule has 0 saturated carbocycles. The molecule has 0 amide bonds. The lowest BCUT2D eigenvalue weighted by atomic mass is 9.87. The molecular formula is C14H23N3O. The monoisotopic (exact) mass is 249 g/mol. The summed E-state index contributed by atoms with van der Waals surface area (Å²) in [6.45, 7) is 4.05. The number of likely N-dealkylation sites (N-methyl/N-ethyl adjacent to an activating group) is 1. The second-order valence-electron chi connectivity index (χ2n) is 5.69. The number of nitrogens with zero attached hydrogens (tertiary/aromatic N) is 2. The van der Waals surface area contributed by atoms with Crippen LogP contribution in [-0.2, 0) is 6.54 Å². The van der Waals surface area contributed by atoms with E-state index in [4.69, 9.17) is 10.2 Å². The van der Waals surface area contributed by atoms with Gasteiger partial charge in [0, 0.05) is 19.1 Å². The number of nitrogens with two attached hydrogens (primary N) is 1. The number of hydrogen-bond acceptors (Lipinski definition) is 4. The summed E-state index contributed by atoms with van der Waals surface area (Å²) in [7, 11) is 2.19. The minimum Gasteiger partial charge on any atom is -0.468 e. The smallest absolute Gasteiger partial charge is 0.117 e. The highest BCUT2D eigenvalue weighted by molar-refractivity contribution is 5.10. The number of furan rings is 1. The van der Waals surface area contributed by atoms with Crippen LogP contribution in [0.25, 0.3) is 0 Å². The van der Waals surface area contributed by atoms with Gasteiger partial charge in [-0.15, -0.1) is 0 Å². The van der Waals surface area contributed by atoms with E-state index in [2.05, 4.69) is 16.8 Å². The van der Waals surface area contributed by atoms with Crippen molar-refractivity contribution in [2.75, 3.05) is 26.7 Å². The summed E-state index contributed by atoms with van der Waals surface area (Å²) >= 11 is 0. The van der Waals surface area contributed by atoms with Crippen molar-refractivity contribution >= 4 is 0 Å². The van der Waals surface area contributed by atoms with Crippen molar-refractivity contribution in [2.45, 2.75) is 37.4 Å². The lowest BCUT2D eigenvalue weighted by Gasteiger charge is -2.42. The molecule has 0 bridgehead atoms. The molecule has 4 heteroatoms. The van der Waals surface area contributed by atoms with Crippen LogP contribution in [-0.4, -0.2) is 48.1 Å². The van der Waals surface area contributed by atoms with E-state index in [1.54, 1.807) is 6.26 Å². The average molecular weight is 249 g/mol. The van der Waals surface area contributed by atoms with Gasteiger partial charge in [-0.2, -0.15) is 0 Å². The Morgan fingerprint density at radius 1 is 1.56 bits per heavy atom. The largest absolute Gasteiger partial charge is 0.468 e. The highest BCUT2D eigenvalue weighted by Gasteiger charge is 2.50. The summed E-state index contributed by atoms with van der Waals surface area (Å²) in [6.07, 6.45) is 5.54. The van der Waals surface area contributed by atoms with Crippen molar-refractivity contribution < 1.29 is 4.42 Å². The zero-order valence-corrected chi connectivity index (χ0v) is 11.1. The number of rotatable bonds is 4. The van der Waals surface area contributed by atoms with Gasteiger partial charge in [0.2, 0.25) is 0 Å². The Bertz CT molecular complexity index is 392. The van der Waals surface area contributed by atoms with E-state index in [1.165, 1.54) is 32.4 Å². The number of hydrogen-bond donors (Lipinski definition) is 1. The highest BCUT2D eigenvalue weighted by atomic mass is 16.3. The molecule has 2 atom stereocenters. The Kier molecular flexibility index (Phi) is 3.18. The Morgan fingerprint density at radius 2 is 2.44 bits per heavy atom. The minimum atomic E-state index is 0.142. The van der Waals surface area contributed by atoms with Gasteiger partial charge in [-0.25, -0.2) is 0 Å². The molecule has 18 heavy (non-hydrogen) atoms. The van der Waals surface area contributed by atoms with E-state index in [-0.39, 0.29) is 5.54 Å². The summed E-state index contributed by atoms with van der Waals surface area (Å²) in [5.41, 5.74) is 6.30. The van der Waals surface area contributed by atoms with Crippen LogP contribution in [0.1, 0.15) is 25.0 Å². The maximum atomic E-state index is 6.16. The lowest BCUT2D eigenvalue weighted by molar-refractivity contribution is 0.0778. The molecule has 2 saturated heterocycles. The average Bonchev–Trinajstić information content (AvgIpc) is 3.05. The molecule has 4 nitrogen and oxygen atoms in total. The molecule has 2 fully saturated rings. The molecule has 1 aromatic heterocycles. The van der Waals surface area contributed by atoms with Crippen LogP contribution in [0.2, 0.25) is 0 Å². The van der Waals surface area contributed by atoms with Gasteiger partial charge in [0.1, 0.15) is 5.76 Å². The van der Waals surface area contributed by atoms with E-state index < -0.39 is 0 Å². The van der Waals surface area contributed by atoms with Crippen LogP contribution in [0, 0.1) is 0 Å². The van der Waals surface area contributed by atoms with Crippen LogP contribution in [0.5, 0.6) is 0 Å². The molecule has 0 radical (unpaired) electrons. The molecule has 0 aromatic carbocycles. The van der Waals surface area contributed by atoms with Crippen molar-refractivity contribution in [1.29, 1.82) is 0 Å². The molecule has 2 unspecified atom stereocenters. The van der Waals surface area contributed by atoms with Crippen molar-refractivity contribution in [3.63, 3.8) is 0 Å². The van der Waals surface area contributed by atoms with Gasteiger partial charge in [-0.05, 0) is 45.0 Å². The first-order valence-electron chi connectivity index (χ1n) is 6.94. The minimum absolute atomic E-state index is 0.142. The maximum absolute atomic E-state index is 6.16. The Balaban J connectivity index is 1.78. The summed E-state index contributed by atoms with van der Waals surface area (Å²) in [5, 5.41) is 0. The maximum Gasteiger partial charge on any atom is 0.117 e. The van der Waals surface area contributed by atoms with E-state index in [9.17, 15) is 0 Å². The van der Waals surface area contributed by atoms with Gasteiger partial charge in [-0.1, -0.05) is 0 Å². The summed E-state index contributed by atoms with van der Waals surface area (Å²) in [5.74, 6) is 1.03. The third kappa shape index (κ3) is 1.79. The second kappa shape index (κ2) is 4.68. The van der Waals surface area contributed by atoms with Crippen LogP contribution in [0.15, 0.2) is 22.8 Å². The van der Waals surface area contributed by atoms with E-state index in [0.29, 0.717) is 6.04 Å². The highest BCUT2D eigenvalue weighted by Crippen LogP contribution is 2.39. The first-order chi connectivity index (χ1) is 8.76. The molecular weight excluding hydrogens is 226 g/mol. The Morgan fingerprint density at radius 3 is 3.17 bits per heavy atom. The molecule has 3 rings (SSSR count). The van der Waals surface area contributed by atoms with Gasteiger partial charge in [0.15, 0.2) is 0 Å². The fourth-order valence-electron chi connectivity index (χ4n) is 3.84. The van der Waals surface area contributed by atoms with Crippen molar-refractivity contribution in [3.05, 3.63) is 24.2 Å². The van der Waals surface area contributed by atoms with Gasteiger partial charge in [-0.3, -0.25) is 9.80 Å². The van der Waals surface area contributed by atoms with Crippen LogP contribution in [0.4, 0.5) is 0 Å². The number of fused-ring (bicyclic) bond motifs is 1. The second-order valence-corrected chi connectivity index (χ2v) is 5.69. The predicted octanol–water partition coefficient (Wildman–Crippen LogP) is 1.28. The zero-order valence-electron chi connectivity index (χ0n) is 11.1. The lowest BCUT2D eigenvalue weighted by Crippen LogP contribution is -2.58. The Hall–Kier alpha value is -0.840. The fraction of sp³-hybridized carbons (Fsp3) is 0.714. The van der Waals surface area contributed by atoms with Crippen molar-refractivity contribution in [3.8, 4) is 0 Å². The molecule has 3 heterocycles. The predicted molar refractivity (Wildman–Crippen MR) is 71.2 cm³/mol. The van der Waals surface area contributed by atoms with Gasteiger partial charge in [0.05, 0.1) is 18.3 Å². The SMILES string of the molecule is CN(Cc1ccco1)C1(CN)CCN2CCCC21. The standard InChI is InChI=1S/C14H23N3O/c1-16(10-12-4-3-9-18-12)14(11-15)6-8-17-7-2-5-13(14)17/h3-4,9,13H,2,5-8,10-11,15H2,1H3. The normalized spacial score (nSPS) is 32.3. The van der Waals surface area contributed by atoms with E-state index in [0.717, 1.165) is 18.8 Å². The van der Waals surface area contributed by atoms with Crippen molar-refractivity contribution in [2.24, 2.45) is 5.73 Å². The molecule has 0 aliphatic carbocycles. The van der Waals surface area contributed by atoms with E-state index in [1.807, 2.05) is 12.1 Å². The van der Waals surface area contributed by atoms with Crippen LogP contribution in [0.3, 0.4) is 0 Å². The van der Waals surface area contributed by atoms with Crippen LogP contribution < -0.4 is 5.73 Å². The zero-order chi connectivity index (χ0) is 12.6. The summed E-state index contributed by atoms with van der Waals surface area (Å²) in [4.78, 5) is 5.04. The van der Waals surface area contributed by atoms with Gasteiger partial charge < -0.3 is 10.2 Å². The van der Waals surface area contributed by atoms with Gasteiger partial charge in [0.25, 0.3) is 0 Å².